The van der Waals surface area contributed by atoms with E-state index in [1.165, 1.54) is 11.1 Å². The van der Waals surface area contributed by atoms with Gasteiger partial charge in [-0.3, -0.25) is 9.69 Å². The van der Waals surface area contributed by atoms with Gasteiger partial charge in [-0.2, -0.15) is 0 Å². The minimum Gasteiger partial charge on any atom is -0.307 e. The molecule has 29 heavy (non-hydrogen) atoms. The number of anilines is 1. The normalized spacial score (nSPS) is 21.5. The van der Waals surface area contributed by atoms with E-state index in [-0.39, 0.29) is 23.5 Å². The Morgan fingerprint density at radius 1 is 1.03 bits per heavy atom. The third-order valence-corrected chi connectivity index (χ3v) is 7.42. The summed E-state index contributed by atoms with van der Waals surface area (Å²) in [6, 6.07) is 19.5. The molecule has 152 valence electrons. The molecule has 1 amide bonds. The van der Waals surface area contributed by atoms with Crippen LogP contribution in [0.5, 0.6) is 0 Å². The lowest BCUT2D eigenvalue weighted by Crippen LogP contribution is -2.47. The van der Waals surface area contributed by atoms with Gasteiger partial charge in [-0.15, -0.1) is 0 Å². The molecule has 5 nitrogen and oxygen atoms in total. The van der Waals surface area contributed by atoms with Crippen LogP contribution in [0.15, 0.2) is 66.7 Å². The summed E-state index contributed by atoms with van der Waals surface area (Å²) < 4.78 is 24.0. The molecule has 2 heterocycles. The number of hydrogen-bond acceptors (Lipinski definition) is 4. The molecule has 1 fully saturated rings. The van der Waals surface area contributed by atoms with Gasteiger partial charge >= 0.3 is 0 Å². The predicted octanol–water partition coefficient (Wildman–Crippen LogP) is 3.00. The number of hydrogen-bond donors (Lipinski definition) is 0. The van der Waals surface area contributed by atoms with Crippen LogP contribution in [0.3, 0.4) is 0 Å². The smallest absolute Gasteiger partial charge is 0.241 e. The minimum atomic E-state index is -3.07. The molecule has 0 saturated carbocycles. The molecule has 1 atom stereocenters. The number of amides is 1. The summed E-state index contributed by atoms with van der Waals surface area (Å²) in [5, 5.41) is 0. The molecule has 0 aromatic heterocycles. The Labute approximate surface area is 172 Å². The zero-order chi connectivity index (χ0) is 20.3. The van der Waals surface area contributed by atoms with Crippen molar-refractivity contribution in [2.24, 2.45) is 0 Å². The first-order valence-corrected chi connectivity index (χ1v) is 11.9. The predicted molar refractivity (Wildman–Crippen MR) is 116 cm³/mol. The van der Waals surface area contributed by atoms with Crippen LogP contribution in [0.4, 0.5) is 5.69 Å². The van der Waals surface area contributed by atoms with Crippen LogP contribution in [-0.4, -0.2) is 56.4 Å². The van der Waals surface area contributed by atoms with Crippen LogP contribution in [0.25, 0.3) is 5.57 Å². The Kier molecular flexibility index (Phi) is 5.83. The van der Waals surface area contributed by atoms with Gasteiger partial charge in [-0.25, -0.2) is 8.42 Å². The molecule has 6 heteroatoms. The summed E-state index contributed by atoms with van der Waals surface area (Å²) in [7, 11) is -3.07. The largest absolute Gasteiger partial charge is 0.307 e. The van der Waals surface area contributed by atoms with Crippen molar-refractivity contribution in [3.8, 4) is 0 Å². The first-order chi connectivity index (χ1) is 14.0. The maximum absolute atomic E-state index is 13.2. The maximum Gasteiger partial charge on any atom is 0.241 e. The summed E-state index contributed by atoms with van der Waals surface area (Å²) in [4.78, 5) is 17.1. The van der Waals surface area contributed by atoms with Gasteiger partial charge in [0.05, 0.1) is 24.1 Å². The van der Waals surface area contributed by atoms with E-state index in [9.17, 15) is 13.2 Å². The molecule has 2 aliphatic heterocycles. The second-order valence-corrected chi connectivity index (χ2v) is 9.97. The molecule has 2 aromatic rings. The second kappa shape index (κ2) is 8.51. The van der Waals surface area contributed by atoms with Crippen molar-refractivity contribution in [3.63, 3.8) is 0 Å². The van der Waals surface area contributed by atoms with E-state index >= 15 is 0 Å². The molecule has 0 aliphatic carbocycles. The van der Waals surface area contributed by atoms with E-state index in [2.05, 4.69) is 23.1 Å². The number of sulfone groups is 1. The van der Waals surface area contributed by atoms with Crippen LogP contribution in [0, 0.1) is 0 Å². The number of para-hydroxylation sites is 1. The van der Waals surface area contributed by atoms with Crippen LogP contribution >= 0.6 is 0 Å². The van der Waals surface area contributed by atoms with Gasteiger partial charge in [-0.1, -0.05) is 54.6 Å². The van der Waals surface area contributed by atoms with Crippen molar-refractivity contribution in [1.82, 2.24) is 4.90 Å². The summed E-state index contributed by atoms with van der Waals surface area (Å²) in [5.74, 6) is 0.169. The quantitative estimate of drug-likeness (QED) is 0.760. The fourth-order valence-corrected chi connectivity index (χ4v) is 5.86. The standard InChI is InChI=1S/C23H26N2O3S/c26-23(17-24-14-11-20(12-15-24)19-7-3-1-4-8-19)25(21-9-5-2-6-10-21)22-13-16-29(27,28)18-22/h1-11,22H,12-18H2. The Morgan fingerprint density at radius 2 is 1.72 bits per heavy atom. The zero-order valence-corrected chi connectivity index (χ0v) is 17.2. The lowest BCUT2D eigenvalue weighted by Gasteiger charge is -2.32. The summed E-state index contributed by atoms with van der Waals surface area (Å²) in [5.41, 5.74) is 3.33. The minimum absolute atomic E-state index is 0.0325. The number of nitrogens with zero attached hydrogens (tertiary/aromatic N) is 2. The lowest BCUT2D eigenvalue weighted by atomic mass is 9.99. The summed E-state index contributed by atoms with van der Waals surface area (Å²) >= 11 is 0. The van der Waals surface area contributed by atoms with E-state index in [1.807, 2.05) is 48.5 Å². The van der Waals surface area contributed by atoms with Crippen LogP contribution in [-0.2, 0) is 14.6 Å². The first-order valence-electron chi connectivity index (χ1n) is 10.1. The topological polar surface area (TPSA) is 57.7 Å². The maximum atomic E-state index is 13.2. The van der Waals surface area contributed by atoms with Gasteiger partial charge in [0.2, 0.25) is 5.91 Å². The Balaban J connectivity index is 1.47. The fourth-order valence-electron chi connectivity index (χ4n) is 4.16. The average molecular weight is 411 g/mol. The molecule has 2 aliphatic rings. The highest BCUT2D eigenvalue weighted by Gasteiger charge is 2.36. The van der Waals surface area contributed by atoms with Crippen LogP contribution in [0.2, 0.25) is 0 Å². The summed E-state index contributed by atoms with van der Waals surface area (Å²) in [6.45, 7) is 1.84. The van der Waals surface area contributed by atoms with Gasteiger partial charge < -0.3 is 4.90 Å². The Bertz CT molecular complexity index is 987. The van der Waals surface area contributed by atoms with Crippen molar-refractivity contribution in [2.45, 2.75) is 18.9 Å². The second-order valence-electron chi connectivity index (χ2n) is 7.74. The Hall–Kier alpha value is -2.44. The lowest BCUT2D eigenvalue weighted by molar-refractivity contribution is -0.120. The molecule has 0 N–H and O–H groups in total. The fraction of sp³-hybridized carbons (Fsp3) is 0.348. The van der Waals surface area contributed by atoms with Crippen molar-refractivity contribution in [1.29, 1.82) is 0 Å². The Morgan fingerprint density at radius 3 is 2.31 bits per heavy atom. The van der Waals surface area contributed by atoms with Gasteiger partial charge in [0.25, 0.3) is 0 Å². The molecule has 0 spiro atoms. The van der Waals surface area contributed by atoms with Crippen molar-refractivity contribution in [2.75, 3.05) is 36.0 Å². The molecule has 0 radical (unpaired) electrons. The number of rotatable bonds is 5. The molecular formula is C23H26N2O3S. The van der Waals surface area contributed by atoms with Gasteiger partial charge in [0.15, 0.2) is 9.84 Å². The first kappa shape index (κ1) is 19.9. The number of carbonyl (C=O) groups is 1. The number of carbonyl (C=O) groups excluding carboxylic acids is 1. The average Bonchev–Trinajstić information content (AvgIpc) is 3.09. The monoisotopic (exact) mass is 410 g/mol. The SMILES string of the molecule is O=C(CN1CC=C(c2ccccc2)CC1)N(c1ccccc1)C1CCS(=O)(=O)C1. The van der Waals surface area contributed by atoms with Crippen molar-refractivity contribution < 1.29 is 13.2 Å². The molecule has 1 saturated heterocycles. The van der Waals surface area contributed by atoms with E-state index in [0.717, 1.165) is 25.2 Å². The van der Waals surface area contributed by atoms with Crippen LogP contribution in [0.1, 0.15) is 18.4 Å². The number of benzene rings is 2. The molecule has 0 bridgehead atoms. The zero-order valence-electron chi connectivity index (χ0n) is 16.4. The highest BCUT2D eigenvalue weighted by molar-refractivity contribution is 7.91. The van der Waals surface area contributed by atoms with E-state index in [4.69, 9.17) is 0 Å². The third-order valence-electron chi connectivity index (χ3n) is 5.67. The highest BCUT2D eigenvalue weighted by Crippen LogP contribution is 2.26. The molecule has 2 aromatic carbocycles. The van der Waals surface area contributed by atoms with Gasteiger partial charge in [-0.05, 0) is 36.1 Å². The van der Waals surface area contributed by atoms with Gasteiger partial charge in [0.1, 0.15) is 0 Å². The van der Waals surface area contributed by atoms with E-state index in [1.54, 1.807) is 4.90 Å². The van der Waals surface area contributed by atoms with E-state index in [0.29, 0.717) is 13.0 Å². The van der Waals surface area contributed by atoms with Crippen LogP contribution < -0.4 is 4.90 Å². The van der Waals surface area contributed by atoms with Crippen molar-refractivity contribution >= 4 is 27.0 Å². The molecular weight excluding hydrogens is 384 g/mol. The van der Waals surface area contributed by atoms with Gasteiger partial charge in [0, 0.05) is 18.8 Å². The van der Waals surface area contributed by atoms with Crippen molar-refractivity contribution in [3.05, 3.63) is 72.3 Å². The third kappa shape index (κ3) is 4.77. The highest BCUT2D eigenvalue weighted by atomic mass is 32.2. The molecule has 4 rings (SSSR count). The molecule has 1 unspecified atom stereocenters. The summed E-state index contributed by atoms with van der Waals surface area (Å²) in [6.07, 6.45) is 3.60. The van der Waals surface area contributed by atoms with E-state index < -0.39 is 9.84 Å².